The second kappa shape index (κ2) is 5.03. The topological polar surface area (TPSA) is 26.0 Å². The number of hydrogen-bond donors (Lipinski definition) is 1. The minimum absolute atomic E-state index is 0.213. The van der Waals surface area contributed by atoms with Gasteiger partial charge in [-0.15, -0.1) is 0 Å². The van der Waals surface area contributed by atoms with E-state index in [1.165, 1.54) is 12.1 Å². The summed E-state index contributed by atoms with van der Waals surface area (Å²) in [7, 11) is 0. The Morgan fingerprint density at radius 2 is 2.13 bits per heavy atom. The van der Waals surface area contributed by atoms with E-state index in [1.54, 1.807) is 0 Å². The molecule has 0 bridgehead atoms. The summed E-state index contributed by atoms with van der Waals surface area (Å²) in [6, 6.07) is 3.53. The maximum atomic E-state index is 13.3. The molecular weight excluding hydrogens is 196 g/mol. The molecule has 0 fully saturated rings. The van der Waals surface area contributed by atoms with Crippen LogP contribution in [0.3, 0.4) is 0 Å². The van der Waals surface area contributed by atoms with E-state index in [2.05, 4.69) is 6.58 Å². The Labute approximate surface area is 88.6 Å². The van der Waals surface area contributed by atoms with E-state index >= 15 is 0 Å². The summed E-state index contributed by atoms with van der Waals surface area (Å²) in [6.45, 7) is 5.75. The van der Waals surface area contributed by atoms with Crippen LogP contribution in [0.2, 0.25) is 0 Å². The molecule has 1 unspecified atom stereocenters. The molecule has 3 heteroatoms. The van der Waals surface area contributed by atoms with Gasteiger partial charge in [-0.25, -0.2) is 8.78 Å². The van der Waals surface area contributed by atoms with Gasteiger partial charge in [-0.1, -0.05) is 31.2 Å². The quantitative estimate of drug-likeness (QED) is 0.759. The van der Waals surface area contributed by atoms with E-state index in [0.29, 0.717) is 6.42 Å². The molecule has 0 aliphatic heterocycles. The highest BCUT2D eigenvalue weighted by atomic mass is 19.2. The molecule has 0 aliphatic carbocycles. The van der Waals surface area contributed by atoms with Gasteiger partial charge in [0.05, 0.1) is 0 Å². The van der Waals surface area contributed by atoms with E-state index in [0.717, 1.165) is 18.1 Å². The number of rotatable bonds is 4. The molecule has 0 radical (unpaired) electrons. The average Bonchev–Trinajstić information content (AvgIpc) is 2.21. The van der Waals surface area contributed by atoms with Gasteiger partial charge in [-0.2, -0.15) is 0 Å². The number of benzene rings is 1. The highest BCUT2D eigenvalue weighted by molar-refractivity contribution is 5.23. The monoisotopic (exact) mass is 211 g/mol. The van der Waals surface area contributed by atoms with Crippen LogP contribution in [0.4, 0.5) is 8.78 Å². The minimum atomic E-state index is -0.856. The molecule has 1 aromatic carbocycles. The van der Waals surface area contributed by atoms with Crippen molar-refractivity contribution in [3.8, 4) is 0 Å². The van der Waals surface area contributed by atoms with Crippen LogP contribution in [-0.4, -0.2) is 0 Å². The van der Waals surface area contributed by atoms with E-state index in [4.69, 9.17) is 5.73 Å². The zero-order valence-corrected chi connectivity index (χ0v) is 8.76. The van der Waals surface area contributed by atoms with Gasteiger partial charge in [0.1, 0.15) is 0 Å². The molecule has 0 spiro atoms. The Bertz CT molecular complexity index is 361. The Balaban J connectivity index is 2.86. The first-order valence-corrected chi connectivity index (χ1v) is 4.92. The fourth-order valence-electron chi connectivity index (χ4n) is 1.37. The van der Waals surface area contributed by atoms with E-state index in [1.807, 2.05) is 6.92 Å². The maximum absolute atomic E-state index is 13.3. The average molecular weight is 211 g/mol. The molecule has 1 aromatic rings. The molecule has 0 saturated carbocycles. The van der Waals surface area contributed by atoms with Crippen LogP contribution in [0.15, 0.2) is 30.4 Å². The molecule has 0 amide bonds. The summed E-state index contributed by atoms with van der Waals surface area (Å²) in [4.78, 5) is 0. The van der Waals surface area contributed by atoms with Gasteiger partial charge in [0, 0.05) is 11.6 Å². The Morgan fingerprint density at radius 1 is 1.47 bits per heavy atom. The van der Waals surface area contributed by atoms with Crippen molar-refractivity contribution >= 4 is 0 Å². The Hall–Kier alpha value is -1.22. The highest BCUT2D eigenvalue weighted by Gasteiger charge is 2.14. The lowest BCUT2D eigenvalue weighted by atomic mass is 9.99. The van der Waals surface area contributed by atoms with Crippen LogP contribution in [-0.2, 0) is 0 Å². The highest BCUT2D eigenvalue weighted by Crippen LogP contribution is 2.23. The van der Waals surface area contributed by atoms with Gasteiger partial charge >= 0.3 is 0 Å². The zero-order valence-electron chi connectivity index (χ0n) is 8.76. The molecule has 0 heterocycles. The molecule has 1 atom stereocenters. The minimum Gasteiger partial charge on any atom is -0.324 e. The summed E-state index contributed by atoms with van der Waals surface area (Å²) in [5.74, 6) is -1.71. The van der Waals surface area contributed by atoms with Crippen molar-refractivity contribution in [1.29, 1.82) is 0 Å². The number of halogens is 2. The summed E-state index contributed by atoms with van der Waals surface area (Å²) < 4.78 is 26.2. The molecule has 82 valence electrons. The molecule has 15 heavy (non-hydrogen) atoms. The summed E-state index contributed by atoms with van der Waals surface area (Å²) in [5.41, 5.74) is 6.92. The van der Waals surface area contributed by atoms with Crippen LogP contribution >= 0.6 is 0 Å². The van der Waals surface area contributed by atoms with Crippen molar-refractivity contribution in [2.45, 2.75) is 25.8 Å². The van der Waals surface area contributed by atoms with Crippen molar-refractivity contribution in [1.82, 2.24) is 0 Å². The van der Waals surface area contributed by atoms with Gasteiger partial charge < -0.3 is 5.73 Å². The normalized spacial score (nSPS) is 12.5. The van der Waals surface area contributed by atoms with Crippen molar-refractivity contribution < 1.29 is 8.78 Å². The first-order valence-electron chi connectivity index (χ1n) is 4.92. The standard InChI is InChI=1S/C12H15F2N/c1-3-8(2)7-11(15)9-5-4-6-10(13)12(9)14/h4-6,11H,2-3,7,15H2,1H3. The third-order valence-corrected chi connectivity index (χ3v) is 2.39. The largest absolute Gasteiger partial charge is 0.324 e. The molecule has 0 saturated heterocycles. The zero-order chi connectivity index (χ0) is 11.4. The van der Waals surface area contributed by atoms with Gasteiger partial charge in [0.25, 0.3) is 0 Å². The van der Waals surface area contributed by atoms with E-state index in [9.17, 15) is 8.78 Å². The third kappa shape index (κ3) is 2.86. The first-order chi connectivity index (χ1) is 7.06. The lowest BCUT2D eigenvalue weighted by Crippen LogP contribution is -2.13. The lowest BCUT2D eigenvalue weighted by molar-refractivity contribution is 0.487. The fraction of sp³-hybridized carbons (Fsp3) is 0.333. The second-order valence-corrected chi connectivity index (χ2v) is 3.56. The van der Waals surface area contributed by atoms with Gasteiger partial charge in [0.2, 0.25) is 0 Å². The van der Waals surface area contributed by atoms with Crippen LogP contribution in [0.5, 0.6) is 0 Å². The van der Waals surface area contributed by atoms with Crippen molar-refractivity contribution in [2.24, 2.45) is 5.73 Å². The molecule has 1 nitrogen and oxygen atoms in total. The first kappa shape index (κ1) is 11.9. The van der Waals surface area contributed by atoms with Crippen molar-refractivity contribution in [3.63, 3.8) is 0 Å². The van der Waals surface area contributed by atoms with E-state index < -0.39 is 17.7 Å². The molecule has 0 aliphatic rings. The Kier molecular flexibility index (Phi) is 3.97. The molecule has 1 rings (SSSR count). The molecule has 0 aromatic heterocycles. The van der Waals surface area contributed by atoms with Gasteiger partial charge in [-0.3, -0.25) is 0 Å². The smallest absolute Gasteiger partial charge is 0.163 e. The summed E-state index contributed by atoms with van der Waals surface area (Å²) >= 11 is 0. The summed E-state index contributed by atoms with van der Waals surface area (Å²) in [5, 5.41) is 0. The van der Waals surface area contributed by atoms with Gasteiger partial charge in [-0.05, 0) is 18.9 Å². The summed E-state index contributed by atoms with van der Waals surface area (Å²) in [6.07, 6.45) is 1.28. The van der Waals surface area contributed by atoms with Crippen molar-refractivity contribution in [3.05, 3.63) is 47.5 Å². The molecular formula is C12H15F2N. The molecule has 2 N–H and O–H groups in total. The van der Waals surface area contributed by atoms with Crippen LogP contribution < -0.4 is 5.73 Å². The third-order valence-electron chi connectivity index (χ3n) is 2.39. The fourth-order valence-corrected chi connectivity index (χ4v) is 1.37. The van der Waals surface area contributed by atoms with Crippen LogP contribution in [0, 0.1) is 11.6 Å². The SMILES string of the molecule is C=C(CC)CC(N)c1cccc(F)c1F. The second-order valence-electron chi connectivity index (χ2n) is 3.56. The lowest BCUT2D eigenvalue weighted by Gasteiger charge is -2.13. The number of nitrogens with two attached hydrogens (primary N) is 1. The predicted octanol–water partition coefficient (Wildman–Crippen LogP) is 3.32. The van der Waals surface area contributed by atoms with Gasteiger partial charge in [0.15, 0.2) is 11.6 Å². The van der Waals surface area contributed by atoms with Crippen LogP contribution in [0.1, 0.15) is 31.4 Å². The predicted molar refractivity (Wildman–Crippen MR) is 57.3 cm³/mol. The maximum Gasteiger partial charge on any atom is 0.163 e. The van der Waals surface area contributed by atoms with Crippen molar-refractivity contribution in [2.75, 3.05) is 0 Å². The van der Waals surface area contributed by atoms with Crippen LogP contribution in [0.25, 0.3) is 0 Å². The van der Waals surface area contributed by atoms with E-state index in [-0.39, 0.29) is 5.56 Å². The Morgan fingerprint density at radius 3 is 2.73 bits per heavy atom. The number of hydrogen-bond acceptors (Lipinski definition) is 1.